The summed E-state index contributed by atoms with van der Waals surface area (Å²) in [6.45, 7) is 8.99. The number of thiophene rings is 1. The van der Waals surface area contributed by atoms with E-state index < -0.39 is 0 Å². The van der Waals surface area contributed by atoms with Crippen molar-refractivity contribution in [3.63, 3.8) is 0 Å². The highest BCUT2D eigenvalue weighted by molar-refractivity contribution is 7.99. The van der Waals surface area contributed by atoms with Crippen LogP contribution in [0, 0.1) is 0 Å². The van der Waals surface area contributed by atoms with Gasteiger partial charge in [-0.3, -0.25) is 9.20 Å². The minimum Gasteiger partial charge on any atom is -0.370 e. The minimum atomic E-state index is -0.214. The Morgan fingerprint density at radius 2 is 2.09 bits per heavy atom. The third kappa shape index (κ3) is 5.08. The lowest BCUT2D eigenvalue weighted by Gasteiger charge is -2.30. The van der Waals surface area contributed by atoms with Crippen LogP contribution in [0.4, 0.5) is 0 Å². The van der Waals surface area contributed by atoms with Crippen LogP contribution in [0.3, 0.4) is 0 Å². The number of carbonyl (C=O) groups excluding carboxylic acids is 1. The largest absolute Gasteiger partial charge is 0.370 e. The predicted molar refractivity (Wildman–Crippen MR) is 141 cm³/mol. The number of aromatic nitrogens is 4. The summed E-state index contributed by atoms with van der Waals surface area (Å²) < 4.78 is 8.06. The van der Waals surface area contributed by atoms with Crippen LogP contribution in [-0.4, -0.2) is 42.9 Å². The molecule has 0 saturated carbocycles. The highest BCUT2D eigenvalue weighted by atomic mass is 32.2. The van der Waals surface area contributed by atoms with E-state index >= 15 is 0 Å². The maximum atomic E-state index is 12.7. The second-order valence-electron chi connectivity index (χ2n) is 9.71. The maximum Gasteiger partial charge on any atom is 0.230 e. The third-order valence-corrected chi connectivity index (χ3v) is 8.41. The summed E-state index contributed by atoms with van der Waals surface area (Å²) in [7, 11) is 0. The molecule has 3 aromatic heterocycles. The van der Waals surface area contributed by atoms with Crippen molar-refractivity contribution >= 4 is 44.9 Å². The molecule has 0 bridgehead atoms. The topological polar surface area (TPSA) is 81.4 Å². The molecule has 0 saturated heterocycles. The van der Waals surface area contributed by atoms with Crippen LogP contribution in [0.5, 0.6) is 0 Å². The first-order chi connectivity index (χ1) is 16.8. The summed E-state index contributed by atoms with van der Waals surface area (Å²) in [5.41, 5.74) is 3.18. The Bertz CT molecular complexity index is 1360. The molecule has 0 aliphatic carbocycles. The van der Waals surface area contributed by atoms with Gasteiger partial charge in [0.15, 0.2) is 10.8 Å². The smallest absolute Gasteiger partial charge is 0.230 e. The number of carbonyl (C=O) groups is 1. The van der Waals surface area contributed by atoms with Gasteiger partial charge in [-0.25, -0.2) is 4.98 Å². The summed E-state index contributed by atoms with van der Waals surface area (Å²) in [6, 6.07) is 10.5. The summed E-state index contributed by atoms with van der Waals surface area (Å²) in [4.78, 5) is 19.9. The second-order valence-corrected chi connectivity index (χ2v) is 11.7. The van der Waals surface area contributed by atoms with Gasteiger partial charge in [0, 0.05) is 23.8 Å². The zero-order valence-electron chi connectivity index (χ0n) is 20.6. The van der Waals surface area contributed by atoms with E-state index in [-0.39, 0.29) is 17.6 Å². The lowest BCUT2D eigenvalue weighted by atomic mass is 9.94. The monoisotopic (exact) mass is 509 g/mol. The number of nitrogens with one attached hydrogen (secondary N) is 1. The molecule has 7 nitrogen and oxygen atoms in total. The van der Waals surface area contributed by atoms with Gasteiger partial charge in [0.2, 0.25) is 5.91 Å². The highest BCUT2D eigenvalue weighted by Gasteiger charge is 2.31. The molecule has 1 atom stereocenters. The van der Waals surface area contributed by atoms with E-state index in [9.17, 15) is 4.79 Å². The second kappa shape index (κ2) is 9.87. The minimum absolute atomic E-state index is 0.00575. The average Bonchev–Trinajstić information content (AvgIpc) is 3.41. The van der Waals surface area contributed by atoms with Crippen LogP contribution in [0.2, 0.25) is 0 Å². The van der Waals surface area contributed by atoms with Crippen molar-refractivity contribution in [3.8, 4) is 0 Å². The Balaban J connectivity index is 1.32. The van der Waals surface area contributed by atoms with E-state index in [0.717, 1.165) is 47.4 Å². The van der Waals surface area contributed by atoms with E-state index in [1.807, 2.05) is 22.6 Å². The summed E-state index contributed by atoms with van der Waals surface area (Å²) in [5.74, 6) is 1.21. The number of fused-ring (bicyclic) bond motifs is 5. The molecule has 1 aliphatic heterocycles. The average molecular weight is 510 g/mol. The van der Waals surface area contributed by atoms with E-state index in [4.69, 9.17) is 9.72 Å². The van der Waals surface area contributed by atoms with Crippen molar-refractivity contribution < 1.29 is 9.53 Å². The maximum absolute atomic E-state index is 12.7. The van der Waals surface area contributed by atoms with Crippen LogP contribution in [0.15, 0.2) is 35.5 Å². The normalized spacial score (nSPS) is 15.9. The molecule has 0 radical (unpaired) electrons. The van der Waals surface area contributed by atoms with Crippen molar-refractivity contribution in [1.29, 1.82) is 0 Å². The zero-order valence-corrected chi connectivity index (χ0v) is 22.3. The molecular formula is C26H31N5O2S2. The van der Waals surface area contributed by atoms with Crippen LogP contribution >= 0.6 is 23.1 Å². The standard InChI is InChI=1S/C26H31N5O2S2/c1-5-20-28-24-22(18-13-26(3,4)33-14-19(18)35-24)23-29-30-25(31(20)23)34-15-21(32)27-16(2)11-12-17-9-7-6-8-10-17/h6-10,16H,5,11-15H2,1-4H3,(H,27,32)/t16-/m1/s1. The van der Waals surface area contributed by atoms with Crippen LogP contribution in [-0.2, 0) is 35.4 Å². The number of ether oxygens (including phenoxy) is 1. The van der Waals surface area contributed by atoms with Crippen molar-refractivity contribution in [1.82, 2.24) is 24.9 Å². The lowest BCUT2D eigenvalue weighted by molar-refractivity contribution is -0.119. The fraction of sp³-hybridized carbons (Fsp3) is 0.462. The van der Waals surface area contributed by atoms with Gasteiger partial charge in [-0.2, -0.15) is 0 Å². The first-order valence-electron chi connectivity index (χ1n) is 12.1. The van der Waals surface area contributed by atoms with E-state index in [0.29, 0.717) is 17.5 Å². The molecule has 0 spiro atoms. The number of thioether (sulfide) groups is 1. The number of hydrogen-bond donors (Lipinski definition) is 1. The number of rotatable bonds is 8. The molecule has 184 valence electrons. The van der Waals surface area contributed by atoms with Gasteiger partial charge in [0.1, 0.15) is 10.7 Å². The van der Waals surface area contributed by atoms with E-state index in [1.54, 1.807) is 11.3 Å². The van der Waals surface area contributed by atoms with Gasteiger partial charge >= 0.3 is 0 Å². The zero-order chi connectivity index (χ0) is 24.6. The van der Waals surface area contributed by atoms with Crippen molar-refractivity contribution in [2.45, 2.75) is 76.8 Å². The highest BCUT2D eigenvalue weighted by Crippen LogP contribution is 2.40. The molecule has 1 aliphatic rings. The Kier molecular flexibility index (Phi) is 6.83. The first-order valence-corrected chi connectivity index (χ1v) is 13.9. The Morgan fingerprint density at radius 3 is 2.86 bits per heavy atom. The van der Waals surface area contributed by atoms with Crippen LogP contribution in [0.1, 0.15) is 55.9 Å². The van der Waals surface area contributed by atoms with Gasteiger partial charge in [-0.1, -0.05) is 49.0 Å². The van der Waals surface area contributed by atoms with Gasteiger partial charge in [0.25, 0.3) is 0 Å². The van der Waals surface area contributed by atoms with Gasteiger partial charge in [-0.05, 0) is 44.7 Å². The fourth-order valence-corrected chi connectivity index (χ4v) is 6.44. The molecule has 1 amide bonds. The Morgan fingerprint density at radius 1 is 1.29 bits per heavy atom. The lowest BCUT2D eigenvalue weighted by Crippen LogP contribution is -2.34. The molecule has 0 fully saturated rings. The van der Waals surface area contributed by atoms with Crippen molar-refractivity contribution in [2.24, 2.45) is 0 Å². The molecule has 5 rings (SSSR count). The Labute approximate surface area is 213 Å². The van der Waals surface area contributed by atoms with Crippen molar-refractivity contribution in [3.05, 3.63) is 52.2 Å². The van der Waals surface area contributed by atoms with Crippen molar-refractivity contribution in [2.75, 3.05) is 5.75 Å². The third-order valence-electron chi connectivity index (χ3n) is 6.38. The number of aryl methyl sites for hydroxylation is 2. The number of benzene rings is 1. The molecule has 1 N–H and O–H groups in total. The van der Waals surface area contributed by atoms with Gasteiger partial charge in [0.05, 0.1) is 23.3 Å². The predicted octanol–water partition coefficient (Wildman–Crippen LogP) is 4.98. The first kappa shape index (κ1) is 24.2. The SMILES string of the molecule is CCc1nc2sc3c(c2c2nnc(SCC(=O)N[C@H](C)CCc4ccccc4)n12)CC(C)(C)OC3. The quantitative estimate of drug-likeness (QED) is 0.337. The van der Waals surface area contributed by atoms with Crippen LogP contribution in [0.25, 0.3) is 15.9 Å². The molecule has 9 heteroatoms. The summed E-state index contributed by atoms with van der Waals surface area (Å²) in [6.07, 6.45) is 3.42. The number of amides is 1. The molecule has 4 aromatic rings. The summed E-state index contributed by atoms with van der Waals surface area (Å²) in [5, 5.41) is 14.0. The van der Waals surface area contributed by atoms with E-state index in [2.05, 4.69) is 55.3 Å². The van der Waals surface area contributed by atoms with Gasteiger partial charge in [-0.15, -0.1) is 21.5 Å². The molecule has 0 unspecified atom stereocenters. The Hall–Kier alpha value is -2.49. The molecular weight excluding hydrogens is 478 g/mol. The molecule has 1 aromatic carbocycles. The van der Waals surface area contributed by atoms with Gasteiger partial charge < -0.3 is 10.1 Å². The number of nitrogens with zero attached hydrogens (tertiary/aromatic N) is 4. The molecule has 35 heavy (non-hydrogen) atoms. The van der Waals surface area contributed by atoms with E-state index in [1.165, 1.54) is 27.8 Å². The summed E-state index contributed by atoms with van der Waals surface area (Å²) >= 11 is 3.11. The molecule has 4 heterocycles. The number of hydrogen-bond acceptors (Lipinski definition) is 7. The fourth-order valence-electron chi connectivity index (χ4n) is 4.56. The van der Waals surface area contributed by atoms with Crippen LogP contribution < -0.4 is 5.32 Å².